The van der Waals surface area contributed by atoms with E-state index in [9.17, 15) is 9.18 Å². The van der Waals surface area contributed by atoms with Crippen molar-refractivity contribution in [1.29, 1.82) is 0 Å². The largest absolute Gasteiger partial charge is 0.495 e. The minimum absolute atomic E-state index is 0.176. The first-order valence-electron chi connectivity index (χ1n) is 8.11. The minimum Gasteiger partial charge on any atom is -0.495 e. The molecule has 0 radical (unpaired) electrons. The molecule has 0 spiro atoms. The third-order valence-corrected chi connectivity index (χ3v) is 5.06. The highest BCUT2D eigenvalue weighted by molar-refractivity contribution is 7.21. The first-order chi connectivity index (χ1) is 13.1. The number of amides is 1. The Morgan fingerprint density at radius 1 is 1.15 bits per heavy atom. The van der Waals surface area contributed by atoms with Crippen molar-refractivity contribution in [3.63, 3.8) is 0 Å². The highest BCUT2D eigenvalue weighted by Gasteiger charge is 2.15. The SMILES string of the molecule is COc1cnc(F)c(C(=O)Nc2ccc(-c3nc4ccccc4s3)cc2)c1. The van der Waals surface area contributed by atoms with Crippen LogP contribution in [0.3, 0.4) is 0 Å². The molecule has 1 N–H and O–H groups in total. The fourth-order valence-corrected chi connectivity index (χ4v) is 3.56. The molecule has 4 rings (SSSR count). The molecule has 0 unspecified atom stereocenters. The predicted molar refractivity (Wildman–Crippen MR) is 104 cm³/mol. The molecule has 0 aliphatic carbocycles. The van der Waals surface area contributed by atoms with Crippen molar-refractivity contribution in [1.82, 2.24) is 9.97 Å². The molecular weight excluding hydrogens is 365 g/mol. The summed E-state index contributed by atoms with van der Waals surface area (Å²) in [5.74, 6) is -1.13. The van der Waals surface area contributed by atoms with Gasteiger partial charge in [0.05, 0.1) is 29.1 Å². The summed E-state index contributed by atoms with van der Waals surface area (Å²) < 4.78 is 19.9. The topological polar surface area (TPSA) is 64.1 Å². The van der Waals surface area contributed by atoms with E-state index in [1.807, 2.05) is 36.4 Å². The molecule has 2 aromatic heterocycles. The van der Waals surface area contributed by atoms with E-state index in [-0.39, 0.29) is 5.56 Å². The zero-order chi connectivity index (χ0) is 18.8. The summed E-state index contributed by atoms with van der Waals surface area (Å²) in [5, 5.41) is 3.56. The van der Waals surface area contributed by atoms with Gasteiger partial charge in [0.1, 0.15) is 10.8 Å². The van der Waals surface area contributed by atoms with Crippen LogP contribution in [0.1, 0.15) is 10.4 Å². The standard InChI is InChI=1S/C20H14FN3O2S/c1-26-14-10-15(18(21)22-11-14)19(25)23-13-8-6-12(7-9-13)20-24-16-4-2-3-5-17(16)27-20/h2-11H,1H3,(H,23,25). The molecule has 0 aliphatic heterocycles. The lowest BCUT2D eigenvalue weighted by Crippen LogP contribution is -2.14. The van der Waals surface area contributed by atoms with Crippen LogP contribution in [0.15, 0.2) is 60.8 Å². The summed E-state index contributed by atoms with van der Waals surface area (Å²) >= 11 is 1.60. The molecule has 5 nitrogen and oxygen atoms in total. The van der Waals surface area contributed by atoms with Crippen LogP contribution >= 0.6 is 11.3 Å². The van der Waals surface area contributed by atoms with E-state index in [1.165, 1.54) is 19.4 Å². The lowest BCUT2D eigenvalue weighted by molar-refractivity contribution is 0.102. The number of nitrogens with zero attached hydrogens (tertiary/aromatic N) is 2. The molecule has 0 bridgehead atoms. The number of hydrogen-bond donors (Lipinski definition) is 1. The van der Waals surface area contributed by atoms with E-state index in [4.69, 9.17) is 4.74 Å². The Kier molecular flexibility index (Phi) is 4.52. The quantitative estimate of drug-likeness (QED) is 0.519. The lowest BCUT2D eigenvalue weighted by atomic mass is 10.2. The van der Waals surface area contributed by atoms with E-state index < -0.39 is 11.9 Å². The smallest absolute Gasteiger partial charge is 0.260 e. The van der Waals surface area contributed by atoms with Gasteiger partial charge in [-0.2, -0.15) is 4.39 Å². The van der Waals surface area contributed by atoms with Crippen molar-refractivity contribution in [2.75, 3.05) is 12.4 Å². The van der Waals surface area contributed by atoms with Gasteiger partial charge >= 0.3 is 0 Å². The third kappa shape index (κ3) is 3.50. The van der Waals surface area contributed by atoms with Gasteiger partial charge in [-0.3, -0.25) is 4.79 Å². The molecule has 27 heavy (non-hydrogen) atoms. The molecule has 0 saturated carbocycles. The number of anilines is 1. The Balaban J connectivity index is 1.55. The Hall–Kier alpha value is -3.32. The Morgan fingerprint density at radius 3 is 2.67 bits per heavy atom. The van der Waals surface area contributed by atoms with Gasteiger partial charge in [0, 0.05) is 11.3 Å². The van der Waals surface area contributed by atoms with Crippen LogP contribution in [-0.4, -0.2) is 23.0 Å². The molecule has 134 valence electrons. The number of thiazole rings is 1. The maximum Gasteiger partial charge on any atom is 0.260 e. The number of hydrogen-bond acceptors (Lipinski definition) is 5. The summed E-state index contributed by atoms with van der Waals surface area (Å²) in [7, 11) is 1.43. The number of ether oxygens (including phenoxy) is 1. The summed E-state index contributed by atoms with van der Waals surface area (Å²) in [6.45, 7) is 0. The first-order valence-corrected chi connectivity index (χ1v) is 8.92. The molecular formula is C20H14FN3O2S. The highest BCUT2D eigenvalue weighted by Crippen LogP contribution is 2.30. The first kappa shape index (κ1) is 17.1. The van der Waals surface area contributed by atoms with Crippen LogP contribution in [0.5, 0.6) is 5.75 Å². The number of methoxy groups -OCH3 is 1. The zero-order valence-corrected chi connectivity index (χ0v) is 15.1. The number of fused-ring (bicyclic) bond motifs is 1. The van der Waals surface area contributed by atoms with Crippen molar-refractivity contribution in [3.05, 3.63) is 72.3 Å². The third-order valence-electron chi connectivity index (χ3n) is 3.98. The van der Waals surface area contributed by atoms with E-state index in [0.717, 1.165) is 20.8 Å². The molecule has 2 aromatic carbocycles. The van der Waals surface area contributed by atoms with E-state index in [2.05, 4.69) is 15.3 Å². The van der Waals surface area contributed by atoms with E-state index in [1.54, 1.807) is 23.5 Å². The highest BCUT2D eigenvalue weighted by atomic mass is 32.1. The average Bonchev–Trinajstić information content (AvgIpc) is 3.13. The predicted octanol–water partition coefficient (Wildman–Crippen LogP) is 4.76. The number of pyridine rings is 1. The summed E-state index contributed by atoms with van der Waals surface area (Å²) in [6, 6.07) is 16.5. The van der Waals surface area contributed by atoms with Crippen LogP contribution < -0.4 is 10.1 Å². The Morgan fingerprint density at radius 2 is 1.93 bits per heavy atom. The molecule has 7 heteroatoms. The fourth-order valence-electron chi connectivity index (χ4n) is 2.59. The molecule has 4 aromatic rings. The number of carbonyl (C=O) groups excluding carboxylic acids is 1. The molecule has 0 aliphatic rings. The summed E-state index contributed by atoms with van der Waals surface area (Å²) in [6.07, 6.45) is 1.22. The van der Waals surface area contributed by atoms with Crippen LogP contribution in [0.25, 0.3) is 20.8 Å². The molecule has 2 heterocycles. The van der Waals surface area contributed by atoms with Gasteiger partial charge in [0.15, 0.2) is 0 Å². The van der Waals surface area contributed by atoms with Gasteiger partial charge in [-0.1, -0.05) is 12.1 Å². The summed E-state index contributed by atoms with van der Waals surface area (Å²) in [4.78, 5) is 20.5. The van der Waals surface area contributed by atoms with Gasteiger partial charge in [-0.05, 0) is 42.5 Å². The van der Waals surface area contributed by atoms with Gasteiger partial charge in [-0.15, -0.1) is 11.3 Å². The number of halogens is 1. The van der Waals surface area contributed by atoms with E-state index in [0.29, 0.717) is 11.4 Å². The van der Waals surface area contributed by atoms with Crippen molar-refractivity contribution in [2.45, 2.75) is 0 Å². The number of aromatic nitrogens is 2. The Bertz CT molecular complexity index is 1090. The van der Waals surface area contributed by atoms with Crippen LogP contribution in [-0.2, 0) is 0 Å². The number of carbonyl (C=O) groups is 1. The number of benzene rings is 2. The maximum atomic E-state index is 13.8. The van der Waals surface area contributed by atoms with E-state index >= 15 is 0 Å². The van der Waals surface area contributed by atoms with Gasteiger partial charge in [-0.25, -0.2) is 9.97 Å². The van der Waals surface area contributed by atoms with Crippen LogP contribution in [0.2, 0.25) is 0 Å². The molecule has 0 fully saturated rings. The second-order valence-corrected chi connectivity index (χ2v) is 6.76. The van der Waals surface area contributed by atoms with Crippen molar-refractivity contribution in [2.24, 2.45) is 0 Å². The maximum absolute atomic E-state index is 13.8. The van der Waals surface area contributed by atoms with Gasteiger partial charge in [0.25, 0.3) is 5.91 Å². The molecule has 1 amide bonds. The van der Waals surface area contributed by atoms with Crippen molar-refractivity contribution >= 4 is 33.1 Å². The number of nitrogens with one attached hydrogen (secondary N) is 1. The van der Waals surface area contributed by atoms with Gasteiger partial charge in [0.2, 0.25) is 5.95 Å². The van der Waals surface area contributed by atoms with Gasteiger partial charge < -0.3 is 10.1 Å². The van der Waals surface area contributed by atoms with Crippen LogP contribution in [0, 0.1) is 5.95 Å². The molecule has 0 atom stereocenters. The van der Waals surface area contributed by atoms with Crippen molar-refractivity contribution in [3.8, 4) is 16.3 Å². The minimum atomic E-state index is -0.848. The lowest BCUT2D eigenvalue weighted by Gasteiger charge is -2.07. The average molecular weight is 379 g/mol. The zero-order valence-electron chi connectivity index (χ0n) is 14.3. The number of para-hydroxylation sites is 1. The second-order valence-electron chi connectivity index (χ2n) is 5.73. The monoisotopic (exact) mass is 379 g/mol. The normalized spacial score (nSPS) is 10.7. The molecule has 0 saturated heterocycles. The number of rotatable bonds is 4. The van der Waals surface area contributed by atoms with Crippen molar-refractivity contribution < 1.29 is 13.9 Å². The Labute approximate surface area is 158 Å². The summed E-state index contributed by atoms with van der Waals surface area (Å²) in [5.41, 5.74) is 2.27. The fraction of sp³-hybridized carbons (Fsp3) is 0.0500. The van der Waals surface area contributed by atoms with Crippen LogP contribution in [0.4, 0.5) is 10.1 Å². The second kappa shape index (κ2) is 7.13.